The standard InChI is InChI=1S/C14H20N2O3S.ClH/c15-13(9-11-5-2-1-3-6-11)14(17)16-12-7-4-8-20(18,19)10-12;/h1-3,5-6,12-13H,4,7-10,15H2,(H,16,17);1H. The van der Waals surface area contributed by atoms with Crippen molar-refractivity contribution in [2.75, 3.05) is 11.5 Å². The van der Waals surface area contributed by atoms with Gasteiger partial charge in [-0.2, -0.15) is 0 Å². The lowest BCUT2D eigenvalue weighted by Crippen LogP contribution is -2.50. The minimum atomic E-state index is -3.02. The quantitative estimate of drug-likeness (QED) is 0.848. The first kappa shape index (κ1) is 17.9. The van der Waals surface area contributed by atoms with E-state index in [1.54, 1.807) is 0 Å². The molecule has 1 aliphatic heterocycles. The summed E-state index contributed by atoms with van der Waals surface area (Å²) in [6.45, 7) is 0. The maximum absolute atomic E-state index is 12.0. The second-order valence-corrected chi connectivity index (χ2v) is 7.49. The molecule has 118 valence electrons. The van der Waals surface area contributed by atoms with Crippen LogP contribution in [0.1, 0.15) is 18.4 Å². The van der Waals surface area contributed by atoms with E-state index in [4.69, 9.17) is 5.73 Å². The second-order valence-electron chi connectivity index (χ2n) is 5.26. The molecular weight excluding hydrogens is 312 g/mol. The first-order valence-corrected chi connectivity index (χ1v) is 8.59. The van der Waals surface area contributed by atoms with E-state index in [0.717, 1.165) is 5.56 Å². The summed E-state index contributed by atoms with van der Waals surface area (Å²) in [7, 11) is -3.02. The molecule has 2 rings (SSSR count). The molecule has 0 radical (unpaired) electrons. The normalized spacial score (nSPS) is 21.9. The Kier molecular flexibility index (Phi) is 6.64. The van der Waals surface area contributed by atoms with Crippen LogP contribution in [0.2, 0.25) is 0 Å². The number of rotatable bonds is 4. The number of halogens is 1. The van der Waals surface area contributed by atoms with Gasteiger partial charge >= 0.3 is 0 Å². The Balaban J connectivity index is 0.00000220. The maximum Gasteiger partial charge on any atom is 0.237 e. The topological polar surface area (TPSA) is 89.3 Å². The fourth-order valence-corrected chi connectivity index (χ4v) is 4.04. The van der Waals surface area contributed by atoms with E-state index in [-0.39, 0.29) is 35.9 Å². The summed E-state index contributed by atoms with van der Waals surface area (Å²) in [5.74, 6) is -0.0392. The van der Waals surface area contributed by atoms with E-state index in [9.17, 15) is 13.2 Å². The van der Waals surface area contributed by atoms with Crippen LogP contribution in [0.5, 0.6) is 0 Å². The highest BCUT2D eigenvalue weighted by molar-refractivity contribution is 7.91. The number of carbonyl (C=O) groups excluding carboxylic acids is 1. The van der Waals surface area contributed by atoms with Gasteiger partial charge in [0.2, 0.25) is 5.91 Å². The van der Waals surface area contributed by atoms with Crippen molar-refractivity contribution < 1.29 is 13.2 Å². The van der Waals surface area contributed by atoms with Gasteiger partial charge in [-0.25, -0.2) is 8.42 Å². The molecule has 5 nitrogen and oxygen atoms in total. The summed E-state index contributed by atoms with van der Waals surface area (Å²) in [4.78, 5) is 12.0. The lowest BCUT2D eigenvalue weighted by atomic mass is 10.1. The third kappa shape index (κ3) is 5.65. The van der Waals surface area contributed by atoms with Crippen molar-refractivity contribution in [1.82, 2.24) is 5.32 Å². The molecule has 1 saturated heterocycles. The Morgan fingerprint density at radius 1 is 1.33 bits per heavy atom. The highest BCUT2D eigenvalue weighted by atomic mass is 35.5. The Morgan fingerprint density at radius 3 is 2.62 bits per heavy atom. The molecule has 0 aliphatic carbocycles. The SMILES string of the molecule is Cl.NC(Cc1ccccc1)C(=O)NC1CCCS(=O)(=O)C1. The van der Waals surface area contributed by atoms with Crippen LogP contribution >= 0.6 is 12.4 Å². The highest BCUT2D eigenvalue weighted by Crippen LogP contribution is 2.12. The van der Waals surface area contributed by atoms with Crippen molar-refractivity contribution >= 4 is 28.2 Å². The van der Waals surface area contributed by atoms with Crippen LogP contribution in [-0.2, 0) is 21.1 Å². The van der Waals surface area contributed by atoms with Gasteiger partial charge in [0.15, 0.2) is 9.84 Å². The minimum Gasteiger partial charge on any atom is -0.351 e. The zero-order valence-electron chi connectivity index (χ0n) is 11.7. The molecule has 1 aromatic carbocycles. The van der Waals surface area contributed by atoms with Crippen molar-refractivity contribution in [1.29, 1.82) is 0 Å². The number of hydrogen-bond acceptors (Lipinski definition) is 4. The molecule has 2 atom stereocenters. The van der Waals surface area contributed by atoms with Crippen LogP contribution in [0.15, 0.2) is 30.3 Å². The van der Waals surface area contributed by atoms with E-state index < -0.39 is 15.9 Å². The van der Waals surface area contributed by atoms with Gasteiger partial charge in [0.05, 0.1) is 17.5 Å². The fraction of sp³-hybridized carbons (Fsp3) is 0.500. The Morgan fingerprint density at radius 2 is 2.00 bits per heavy atom. The van der Waals surface area contributed by atoms with E-state index in [1.807, 2.05) is 30.3 Å². The van der Waals surface area contributed by atoms with E-state index in [0.29, 0.717) is 19.3 Å². The molecule has 1 aliphatic rings. The number of hydrogen-bond donors (Lipinski definition) is 2. The lowest BCUT2D eigenvalue weighted by molar-refractivity contribution is -0.122. The molecule has 1 aromatic rings. The van der Waals surface area contributed by atoms with Gasteiger partial charge in [0.1, 0.15) is 0 Å². The van der Waals surface area contributed by atoms with Gasteiger partial charge in [-0.05, 0) is 24.8 Å². The molecule has 0 saturated carbocycles. The molecule has 0 bridgehead atoms. The molecule has 2 unspecified atom stereocenters. The molecule has 0 spiro atoms. The van der Waals surface area contributed by atoms with E-state index >= 15 is 0 Å². The molecule has 3 N–H and O–H groups in total. The zero-order chi connectivity index (χ0) is 14.6. The van der Waals surface area contributed by atoms with E-state index in [2.05, 4.69) is 5.32 Å². The van der Waals surface area contributed by atoms with E-state index in [1.165, 1.54) is 0 Å². The zero-order valence-corrected chi connectivity index (χ0v) is 13.3. The molecule has 7 heteroatoms. The van der Waals surface area contributed by atoms with Crippen LogP contribution in [0.25, 0.3) is 0 Å². The van der Waals surface area contributed by atoms with Gasteiger partial charge in [-0.15, -0.1) is 12.4 Å². The number of sulfone groups is 1. The average Bonchev–Trinajstić information content (AvgIpc) is 2.38. The van der Waals surface area contributed by atoms with Gasteiger partial charge < -0.3 is 11.1 Å². The number of carbonyl (C=O) groups is 1. The van der Waals surface area contributed by atoms with Crippen molar-refractivity contribution in [2.24, 2.45) is 5.73 Å². The van der Waals surface area contributed by atoms with Crippen LogP contribution in [0.3, 0.4) is 0 Å². The Bertz CT molecular complexity index is 563. The van der Waals surface area contributed by atoms with Gasteiger partial charge in [0, 0.05) is 6.04 Å². The van der Waals surface area contributed by atoms with Crippen LogP contribution in [0, 0.1) is 0 Å². The minimum absolute atomic E-state index is 0. The second kappa shape index (κ2) is 7.77. The monoisotopic (exact) mass is 332 g/mol. The number of nitrogens with one attached hydrogen (secondary N) is 1. The third-order valence-corrected chi connectivity index (χ3v) is 5.27. The van der Waals surface area contributed by atoms with Gasteiger partial charge in [-0.3, -0.25) is 4.79 Å². The first-order valence-electron chi connectivity index (χ1n) is 6.76. The molecule has 1 heterocycles. The molecular formula is C14H21ClN2O3S. The lowest BCUT2D eigenvalue weighted by Gasteiger charge is -2.24. The Labute approximate surface area is 131 Å². The predicted octanol–water partition coefficient (Wildman–Crippen LogP) is 0.672. The van der Waals surface area contributed by atoms with Crippen molar-refractivity contribution in [3.05, 3.63) is 35.9 Å². The summed E-state index contributed by atoms with van der Waals surface area (Å²) in [5.41, 5.74) is 6.86. The average molecular weight is 333 g/mol. The molecule has 1 amide bonds. The fourth-order valence-electron chi connectivity index (χ4n) is 2.41. The van der Waals surface area contributed by atoms with Crippen molar-refractivity contribution in [3.63, 3.8) is 0 Å². The van der Waals surface area contributed by atoms with Crippen LogP contribution in [-0.4, -0.2) is 37.9 Å². The van der Waals surface area contributed by atoms with Gasteiger partial charge in [-0.1, -0.05) is 30.3 Å². The predicted molar refractivity (Wildman–Crippen MR) is 85.2 cm³/mol. The highest BCUT2D eigenvalue weighted by Gasteiger charge is 2.27. The maximum atomic E-state index is 12.0. The number of nitrogens with two attached hydrogens (primary N) is 1. The Hall–Kier alpha value is -1.11. The molecule has 1 fully saturated rings. The summed E-state index contributed by atoms with van der Waals surface area (Å²) in [6.07, 6.45) is 1.75. The molecule has 0 aromatic heterocycles. The summed E-state index contributed by atoms with van der Waals surface area (Å²) in [6, 6.07) is 8.57. The van der Waals surface area contributed by atoms with Crippen molar-refractivity contribution in [3.8, 4) is 0 Å². The summed E-state index contributed by atoms with van der Waals surface area (Å²) < 4.78 is 23.0. The van der Waals surface area contributed by atoms with Crippen LogP contribution < -0.4 is 11.1 Å². The van der Waals surface area contributed by atoms with Crippen LogP contribution in [0.4, 0.5) is 0 Å². The smallest absolute Gasteiger partial charge is 0.237 e. The third-order valence-electron chi connectivity index (χ3n) is 3.44. The number of benzene rings is 1. The summed E-state index contributed by atoms with van der Waals surface area (Å²) >= 11 is 0. The molecule has 21 heavy (non-hydrogen) atoms. The number of amides is 1. The van der Waals surface area contributed by atoms with Crippen molar-refractivity contribution in [2.45, 2.75) is 31.3 Å². The van der Waals surface area contributed by atoms with Gasteiger partial charge in [0.25, 0.3) is 0 Å². The first-order chi connectivity index (χ1) is 9.46. The largest absolute Gasteiger partial charge is 0.351 e. The summed E-state index contributed by atoms with van der Waals surface area (Å²) in [5, 5.41) is 2.75.